The predicted molar refractivity (Wildman–Crippen MR) is 207 cm³/mol. The Balaban J connectivity index is 1.25. The molecular formula is C44H60O9Si. The van der Waals surface area contributed by atoms with Crippen molar-refractivity contribution in [1.29, 1.82) is 0 Å². The molecule has 0 aromatic heterocycles. The van der Waals surface area contributed by atoms with Gasteiger partial charge in [0.2, 0.25) is 0 Å². The molecule has 2 saturated heterocycles. The van der Waals surface area contributed by atoms with E-state index in [1.807, 2.05) is 46.8 Å². The molecular weight excluding hydrogens is 701 g/mol. The van der Waals surface area contributed by atoms with Gasteiger partial charge in [0.05, 0.1) is 24.9 Å². The number of rotatable bonds is 9. The third-order valence-corrected chi connectivity index (χ3v) is 18.6. The van der Waals surface area contributed by atoms with Gasteiger partial charge in [0.15, 0.2) is 11.6 Å². The monoisotopic (exact) mass is 760 g/mol. The van der Waals surface area contributed by atoms with Gasteiger partial charge in [0.1, 0.15) is 17.7 Å². The number of carbonyl (C=O) groups is 3. The lowest BCUT2D eigenvalue weighted by atomic mass is 9.49. The summed E-state index contributed by atoms with van der Waals surface area (Å²) < 4.78 is 40.0. The SMILES string of the molecule is CC(=O)O[C@H](C[C@@]1(C)C(=O)CC[C@@H]1CO[Si](c1ccccc1)(c1ccccc1)C(C)(C)C)[C@H]1CC(=O)C[C@@H]2[C@H]3OC(C)(C)O[C@H]3C[C@@H]3OC(C)(C)OC[C@]321. The van der Waals surface area contributed by atoms with E-state index in [2.05, 4.69) is 69.3 Å². The van der Waals surface area contributed by atoms with Crippen molar-refractivity contribution in [3.05, 3.63) is 60.7 Å². The summed E-state index contributed by atoms with van der Waals surface area (Å²) in [4.78, 5) is 41.2. The fourth-order valence-electron chi connectivity index (χ4n) is 11.1. The number of ether oxygens (including phenoxy) is 5. The first kappa shape index (κ1) is 39.5. The molecule has 1 spiro atoms. The van der Waals surface area contributed by atoms with E-state index in [0.29, 0.717) is 38.9 Å². The summed E-state index contributed by atoms with van der Waals surface area (Å²) in [5.74, 6) is -2.73. The summed E-state index contributed by atoms with van der Waals surface area (Å²) in [5, 5.41) is 2.14. The molecule has 0 radical (unpaired) electrons. The topological polar surface area (TPSA) is 107 Å². The predicted octanol–water partition coefficient (Wildman–Crippen LogP) is 6.53. The van der Waals surface area contributed by atoms with E-state index >= 15 is 0 Å². The molecule has 0 N–H and O–H groups in total. The lowest BCUT2D eigenvalue weighted by Crippen LogP contribution is -2.70. The fourth-order valence-corrected chi connectivity index (χ4v) is 15.7. The zero-order valence-electron chi connectivity index (χ0n) is 33.6. The van der Waals surface area contributed by atoms with Gasteiger partial charge in [-0.25, -0.2) is 0 Å². The van der Waals surface area contributed by atoms with Crippen LogP contribution >= 0.6 is 0 Å². The number of benzene rings is 2. The summed E-state index contributed by atoms with van der Waals surface area (Å²) in [5.41, 5.74) is -1.57. The third kappa shape index (κ3) is 6.76. The van der Waals surface area contributed by atoms with Crippen LogP contribution in [0.1, 0.15) is 101 Å². The largest absolute Gasteiger partial charge is 0.462 e. The molecule has 294 valence electrons. The van der Waals surface area contributed by atoms with Crippen LogP contribution in [0.2, 0.25) is 5.04 Å². The number of esters is 1. The molecule has 0 bridgehead atoms. The molecule has 10 heteroatoms. The molecule has 3 aliphatic carbocycles. The van der Waals surface area contributed by atoms with Crippen molar-refractivity contribution in [3.63, 3.8) is 0 Å². The highest BCUT2D eigenvalue weighted by atomic mass is 28.4. The van der Waals surface area contributed by atoms with Crippen molar-refractivity contribution in [2.45, 2.75) is 142 Å². The van der Waals surface area contributed by atoms with Crippen LogP contribution in [0.5, 0.6) is 0 Å². The minimum atomic E-state index is -2.89. The van der Waals surface area contributed by atoms with Gasteiger partial charge in [0.25, 0.3) is 8.32 Å². The van der Waals surface area contributed by atoms with Gasteiger partial charge in [-0.2, -0.15) is 0 Å². The number of carbonyl (C=O) groups excluding carboxylic acids is 3. The maximum atomic E-state index is 14.3. The Morgan fingerprint density at radius 2 is 1.52 bits per heavy atom. The maximum Gasteiger partial charge on any atom is 0.302 e. The molecule has 0 amide bonds. The molecule has 2 aliphatic heterocycles. The van der Waals surface area contributed by atoms with Crippen molar-refractivity contribution in [1.82, 2.24) is 0 Å². The first-order valence-corrected chi connectivity index (χ1v) is 21.9. The molecule has 7 rings (SSSR count). The first-order chi connectivity index (χ1) is 25.3. The van der Waals surface area contributed by atoms with E-state index in [4.69, 9.17) is 28.1 Å². The average Bonchev–Trinajstić information content (AvgIpc) is 3.56. The second-order valence-corrected chi connectivity index (χ2v) is 23.1. The molecule has 2 aromatic carbocycles. The molecule has 5 fully saturated rings. The summed E-state index contributed by atoms with van der Waals surface area (Å²) >= 11 is 0. The van der Waals surface area contributed by atoms with Gasteiger partial charge in [-0.05, 0) is 61.9 Å². The Morgan fingerprint density at radius 1 is 0.889 bits per heavy atom. The Kier molecular flexibility index (Phi) is 10.3. The van der Waals surface area contributed by atoms with E-state index < -0.39 is 48.7 Å². The Morgan fingerprint density at radius 3 is 2.11 bits per heavy atom. The Bertz CT molecular complexity index is 1680. The smallest absolute Gasteiger partial charge is 0.302 e. The second-order valence-electron chi connectivity index (χ2n) is 18.8. The molecule has 54 heavy (non-hydrogen) atoms. The summed E-state index contributed by atoms with van der Waals surface area (Å²) in [6.07, 6.45) is 0.791. The maximum absolute atomic E-state index is 14.3. The van der Waals surface area contributed by atoms with E-state index in [1.54, 1.807) is 0 Å². The van der Waals surface area contributed by atoms with Gasteiger partial charge >= 0.3 is 5.97 Å². The van der Waals surface area contributed by atoms with Crippen molar-refractivity contribution in [2.24, 2.45) is 28.6 Å². The third-order valence-electron chi connectivity index (χ3n) is 13.6. The van der Waals surface area contributed by atoms with E-state index in [1.165, 1.54) is 17.3 Å². The minimum absolute atomic E-state index is 0.0831. The van der Waals surface area contributed by atoms with Crippen LogP contribution in [0.4, 0.5) is 0 Å². The summed E-state index contributed by atoms with van der Waals surface area (Å²) in [6.45, 7) is 18.6. The lowest BCUT2D eigenvalue weighted by Gasteiger charge is -2.62. The number of hydrogen-bond donors (Lipinski definition) is 0. The van der Waals surface area contributed by atoms with Crippen LogP contribution in [0.15, 0.2) is 60.7 Å². The van der Waals surface area contributed by atoms with Crippen molar-refractivity contribution in [2.75, 3.05) is 13.2 Å². The molecule has 9 atom stereocenters. The molecule has 2 aromatic rings. The highest BCUT2D eigenvalue weighted by Crippen LogP contribution is 2.62. The molecule has 0 unspecified atom stereocenters. The molecule has 9 nitrogen and oxygen atoms in total. The van der Waals surface area contributed by atoms with Gasteiger partial charge in [-0.1, -0.05) is 88.4 Å². The zero-order chi connectivity index (χ0) is 38.9. The van der Waals surface area contributed by atoms with Crippen molar-refractivity contribution in [3.8, 4) is 0 Å². The van der Waals surface area contributed by atoms with Crippen LogP contribution in [0, 0.1) is 28.6 Å². The lowest BCUT2D eigenvalue weighted by molar-refractivity contribution is -0.361. The highest BCUT2D eigenvalue weighted by Gasteiger charge is 2.69. The summed E-state index contributed by atoms with van der Waals surface area (Å²) in [7, 11) is -2.89. The first-order valence-electron chi connectivity index (χ1n) is 20.0. The quantitative estimate of drug-likeness (QED) is 0.209. The number of ketones is 2. The fraction of sp³-hybridized carbons (Fsp3) is 0.659. The Hall–Kier alpha value is -2.73. The van der Waals surface area contributed by atoms with E-state index in [0.717, 1.165) is 0 Å². The second kappa shape index (κ2) is 14.0. The standard InChI is InChI=1S/C44H60O9Si/c1-28(45)50-36(33-22-30(46)23-34-39-35(51-42(7,8)53-39)24-38-44(33,34)27-48-41(5,6)52-38)25-43(9)29(20-21-37(43)47)26-49-54(40(2,3)4,31-16-12-10-13-17-31)32-18-14-11-15-19-32/h10-19,29,33-36,38-39H,20-27H2,1-9H3/t29-,33-,34-,35+,36-,38+,39-,43-,44-/m1/s1. The molecule has 3 saturated carbocycles. The Labute approximate surface area is 322 Å². The van der Waals surface area contributed by atoms with Crippen LogP contribution in [0.25, 0.3) is 0 Å². The van der Waals surface area contributed by atoms with Gasteiger partial charge in [0, 0.05) is 61.9 Å². The van der Waals surface area contributed by atoms with Gasteiger partial charge < -0.3 is 28.1 Å². The van der Waals surface area contributed by atoms with Gasteiger partial charge in [-0.15, -0.1) is 0 Å². The number of hydrogen-bond acceptors (Lipinski definition) is 9. The highest BCUT2D eigenvalue weighted by molar-refractivity contribution is 6.99. The van der Waals surface area contributed by atoms with Gasteiger partial charge in [-0.3, -0.25) is 14.4 Å². The van der Waals surface area contributed by atoms with E-state index in [-0.39, 0.29) is 59.6 Å². The van der Waals surface area contributed by atoms with Crippen LogP contribution in [-0.4, -0.2) is 75.1 Å². The van der Waals surface area contributed by atoms with Crippen LogP contribution < -0.4 is 10.4 Å². The zero-order valence-corrected chi connectivity index (χ0v) is 34.6. The average molecular weight is 761 g/mol. The van der Waals surface area contributed by atoms with Crippen molar-refractivity contribution < 1.29 is 42.5 Å². The van der Waals surface area contributed by atoms with E-state index in [9.17, 15) is 14.4 Å². The molecule has 5 aliphatic rings. The number of fused-ring (bicyclic) bond motifs is 2. The van der Waals surface area contributed by atoms with Crippen LogP contribution in [0.3, 0.4) is 0 Å². The number of Topliss-reactive ketones (excluding diaryl/α,β-unsaturated/α-hetero) is 2. The molecule has 2 heterocycles. The normalized spacial score (nSPS) is 35.1. The minimum Gasteiger partial charge on any atom is -0.462 e. The summed E-state index contributed by atoms with van der Waals surface area (Å²) in [6, 6.07) is 21.1. The van der Waals surface area contributed by atoms with Crippen LogP contribution in [-0.2, 0) is 42.5 Å². The van der Waals surface area contributed by atoms with Crippen molar-refractivity contribution >= 4 is 36.2 Å².